The first-order valence-electron chi connectivity index (χ1n) is 10.1. The molecule has 2 aromatic carbocycles. The van der Waals surface area contributed by atoms with Gasteiger partial charge in [0.2, 0.25) is 0 Å². The van der Waals surface area contributed by atoms with Crippen LogP contribution >= 0.6 is 34.5 Å². The molecule has 166 valence electrons. The average Bonchev–Trinajstić information content (AvgIpc) is 3.44. The van der Waals surface area contributed by atoms with Gasteiger partial charge in [0.1, 0.15) is 0 Å². The number of hydrogen-bond acceptors (Lipinski definition) is 4. The molecule has 0 amide bonds. The summed E-state index contributed by atoms with van der Waals surface area (Å²) in [6.45, 7) is 0. The molecule has 0 radical (unpaired) electrons. The summed E-state index contributed by atoms with van der Waals surface area (Å²) in [7, 11) is 3.57. The number of thiophene rings is 1. The summed E-state index contributed by atoms with van der Waals surface area (Å²) in [5.41, 5.74) is 1.73. The Morgan fingerprint density at radius 1 is 1.00 bits per heavy atom. The fraction of sp³-hybridized carbons (Fsp3) is 0.120. The van der Waals surface area contributed by atoms with Gasteiger partial charge >= 0.3 is 0 Å². The van der Waals surface area contributed by atoms with Crippen LogP contribution < -0.4 is 5.56 Å². The van der Waals surface area contributed by atoms with E-state index in [2.05, 4.69) is 4.98 Å². The fourth-order valence-corrected chi connectivity index (χ4v) is 5.54. The molecular formula is C25H19Cl2N3O2S. The first kappa shape index (κ1) is 21.9. The maximum absolute atomic E-state index is 12.7. The van der Waals surface area contributed by atoms with Crippen LogP contribution in [0.5, 0.6) is 0 Å². The van der Waals surface area contributed by atoms with Crippen molar-refractivity contribution in [3.05, 3.63) is 110 Å². The van der Waals surface area contributed by atoms with E-state index in [1.807, 2.05) is 36.7 Å². The van der Waals surface area contributed by atoms with Crippen LogP contribution in [0.15, 0.2) is 77.3 Å². The summed E-state index contributed by atoms with van der Waals surface area (Å²) < 4.78 is 3.38. The Hall–Kier alpha value is -2.90. The number of aromatic nitrogens is 3. The van der Waals surface area contributed by atoms with Gasteiger partial charge in [-0.25, -0.2) is 4.98 Å². The molecule has 1 N–H and O–H groups in total. The minimum Gasteiger partial charge on any atom is -0.374 e. The Morgan fingerprint density at radius 2 is 1.73 bits per heavy atom. The number of aryl methyl sites for hydroxylation is 2. The van der Waals surface area contributed by atoms with Crippen LogP contribution in [0.25, 0.3) is 21.3 Å². The SMILES string of the molecule is Cn1cncc1C(O)(c1ccc(Cl)cc1)c1ccc2c(c1)c(-c1sccc1Cl)cc(=O)n2C. The number of imidazole rings is 1. The van der Waals surface area contributed by atoms with E-state index in [-0.39, 0.29) is 5.56 Å². The van der Waals surface area contributed by atoms with E-state index in [1.165, 1.54) is 11.3 Å². The molecule has 5 rings (SSSR count). The molecule has 1 unspecified atom stereocenters. The van der Waals surface area contributed by atoms with Gasteiger partial charge in [-0.15, -0.1) is 11.3 Å². The van der Waals surface area contributed by atoms with Crippen molar-refractivity contribution in [3.8, 4) is 10.4 Å². The van der Waals surface area contributed by atoms with Gasteiger partial charge in [-0.3, -0.25) is 4.79 Å². The third-order valence-corrected chi connectivity index (χ3v) is 7.60. The van der Waals surface area contributed by atoms with Gasteiger partial charge in [-0.2, -0.15) is 0 Å². The second kappa shape index (κ2) is 8.15. The summed E-state index contributed by atoms with van der Waals surface area (Å²) in [6, 6.07) is 16.1. The topological polar surface area (TPSA) is 60.0 Å². The van der Waals surface area contributed by atoms with Gasteiger partial charge in [-0.1, -0.05) is 41.4 Å². The lowest BCUT2D eigenvalue weighted by molar-refractivity contribution is 0.117. The second-order valence-corrected chi connectivity index (χ2v) is 9.65. The monoisotopic (exact) mass is 495 g/mol. The number of halogens is 2. The van der Waals surface area contributed by atoms with Crippen LogP contribution in [0.3, 0.4) is 0 Å². The van der Waals surface area contributed by atoms with Crippen molar-refractivity contribution in [2.24, 2.45) is 14.1 Å². The van der Waals surface area contributed by atoms with E-state index in [1.54, 1.807) is 59.0 Å². The highest BCUT2D eigenvalue weighted by Gasteiger charge is 2.37. The molecule has 8 heteroatoms. The number of hydrogen-bond donors (Lipinski definition) is 1. The van der Waals surface area contributed by atoms with Crippen LogP contribution in [-0.4, -0.2) is 19.2 Å². The maximum atomic E-state index is 12.7. The molecule has 5 nitrogen and oxygen atoms in total. The van der Waals surface area contributed by atoms with E-state index in [0.717, 1.165) is 21.3 Å². The zero-order chi connectivity index (χ0) is 23.3. The molecular weight excluding hydrogens is 477 g/mol. The van der Waals surface area contributed by atoms with Crippen LogP contribution in [0.4, 0.5) is 0 Å². The minimum atomic E-state index is -1.50. The average molecular weight is 496 g/mol. The third kappa shape index (κ3) is 3.50. The molecule has 0 aliphatic heterocycles. The number of fused-ring (bicyclic) bond motifs is 1. The minimum absolute atomic E-state index is 0.130. The highest BCUT2D eigenvalue weighted by molar-refractivity contribution is 7.14. The Kier molecular flexibility index (Phi) is 5.41. The van der Waals surface area contributed by atoms with E-state index < -0.39 is 5.60 Å². The zero-order valence-electron chi connectivity index (χ0n) is 17.8. The summed E-state index contributed by atoms with van der Waals surface area (Å²) in [5, 5.41) is 16.1. The summed E-state index contributed by atoms with van der Waals surface area (Å²) in [6.07, 6.45) is 3.30. The van der Waals surface area contributed by atoms with Crippen LogP contribution in [0, 0.1) is 0 Å². The van der Waals surface area contributed by atoms with Gasteiger partial charge in [0.15, 0.2) is 5.60 Å². The summed E-state index contributed by atoms with van der Waals surface area (Å²) in [4.78, 5) is 17.7. The quantitative estimate of drug-likeness (QED) is 0.353. The van der Waals surface area contributed by atoms with Crippen molar-refractivity contribution < 1.29 is 5.11 Å². The van der Waals surface area contributed by atoms with Crippen molar-refractivity contribution in [2.75, 3.05) is 0 Å². The normalized spacial score (nSPS) is 13.4. The van der Waals surface area contributed by atoms with Crippen molar-refractivity contribution in [1.29, 1.82) is 0 Å². The molecule has 0 bridgehead atoms. The van der Waals surface area contributed by atoms with E-state index >= 15 is 0 Å². The number of nitrogens with zero attached hydrogens (tertiary/aromatic N) is 3. The second-order valence-electron chi connectivity index (χ2n) is 7.89. The van der Waals surface area contributed by atoms with Gasteiger partial charge in [-0.05, 0) is 46.8 Å². The molecule has 3 heterocycles. The largest absolute Gasteiger partial charge is 0.374 e. The van der Waals surface area contributed by atoms with Crippen LogP contribution in [0.2, 0.25) is 10.0 Å². The zero-order valence-corrected chi connectivity index (χ0v) is 20.1. The van der Waals surface area contributed by atoms with Gasteiger partial charge < -0.3 is 14.2 Å². The highest BCUT2D eigenvalue weighted by atomic mass is 35.5. The molecule has 5 aromatic rings. The van der Waals surface area contributed by atoms with Crippen molar-refractivity contribution in [1.82, 2.24) is 14.1 Å². The molecule has 0 saturated carbocycles. The van der Waals surface area contributed by atoms with E-state index in [4.69, 9.17) is 23.2 Å². The van der Waals surface area contributed by atoms with Crippen LogP contribution in [-0.2, 0) is 19.7 Å². The molecule has 0 saturated heterocycles. The standard InChI is InChI=1S/C25H19Cl2N3O2S/c1-29-14-28-13-22(29)25(32,15-3-6-17(26)7-4-15)16-5-8-21-18(11-16)19(12-23(31)30(21)2)24-20(27)9-10-33-24/h3-14,32H,1-2H3. The lowest BCUT2D eigenvalue weighted by Gasteiger charge is -2.30. The lowest BCUT2D eigenvalue weighted by Crippen LogP contribution is -2.31. The summed E-state index contributed by atoms with van der Waals surface area (Å²) >= 11 is 14.0. The Balaban J connectivity index is 1.85. The molecule has 0 aliphatic rings. The highest BCUT2D eigenvalue weighted by Crippen LogP contribution is 2.41. The Bertz CT molecular complexity index is 1550. The first-order valence-corrected chi connectivity index (χ1v) is 11.8. The number of rotatable bonds is 4. The third-order valence-electron chi connectivity index (χ3n) is 5.98. The fourth-order valence-electron chi connectivity index (χ4n) is 4.22. The number of pyridine rings is 1. The van der Waals surface area contributed by atoms with E-state index in [0.29, 0.717) is 26.9 Å². The summed E-state index contributed by atoms with van der Waals surface area (Å²) in [5.74, 6) is 0. The molecule has 3 aromatic heterocycles. The molecule has 0 spiro atoms. The number of aliphatic hydroxyl groups is 1. The van der Waals surface area contributed by atoms with Crippen molar-refractivity contribution in [3.63, 3.8) is 0 Å². The van der Waals surface area contributed by atoms with Gasteiger partial charge in [0, 0.05) is 36.1 Å². The van der Waals surface area contributed by atoms with Crippen molar-refractivity contribution >= 4 is 45.4 Å². The lowest BCUT2D eigenvalue weighted by atomic mass is 9.82. The predicted octanol–water partition coefficient (Wildman–Crippen LogP) is 5.59. The van der Waals surface area contributed by atoms with Crippen molar-refractivity contribution in [2.45, 2.75) is 5.60 Å². The van der Waals surface area contributed by atoms with Gasteiger partial charge in [0.05, 0.1) is 33.6 Å². The molecule has 0 fully saturated rings. The van der Waals surface area contributed by atoms with E-state index in [9.17, 15) is 9.90 Å². The Labute approximate surface area is 204 Å². The predicted molar refractivity (Wildman–Crippen MR) is 134 cm³/mol. The maximum Gasteiger partial charge on any atom is 0.251 e. The molecule has 0 aliphatic carbocycles. The smallest absolute Gasteiger partial charge is 0.251 e. The molecule has 33 heavy (non-hydrogen) atoms. The van der Waals surface area contributed by atoms with Crippen LogP contribution in [0.1, 0.15) is 16.8 Å². The first-order chi connectivity index (χ1) is 15.8. The number of benzene rings is 2. The van der Waals surface area contributed by atoms with Gasteiger partial charge in [0.25, 0.3) is 5.56 Å². The molecule has 1 atom stereocenters. The Morgan fingerprint density at radius 3 is 2.36 bits per heavy atom.